The maximum absolute atomic E-state index is 6.33. The molecule has 1 N–H and O–H groups in total. The van der Waals surface area contributed by atoms with Gasteiger partial charge in [-0.1, -0.05) is 25.4 Å². The number of rotatable bonds is 6. The van der Waals surface area contributed by atoms with Crippen molar-refractivity contribution in [2.45, 2.75) is 39.3 Å². The first-order valence-corrected chi connectivity index (χ1v) is 7.18. The Bertz CT molecular complexity index is 374. The van der Waals surface area contributed by atoms with Crippen molar-refractivity contribution in [1.82, 2.24) is 15.1 Å². The van der Waals surface area contributed by atoms with Crippen LogP contribution in [0.4, 0.5) is 0 Å². The number of halogens is 1. The molecule has 1 aromatic rings. The van der Waals surface area contributed by atoms with Gasteiger partial charge in [0, 0.05) is 19.1 Å². The summed E-state index contributed by atoms with van der Waals surface area (Å²) in [6.07, 6.45) is 3.91. The smallest absolute Gasteiger partial charge is 0.0834 e. The van der Waals surface area contributed by atoms with Crippen LogP contribution in [0.5, 0.6) is 0 Å². The van der Waals surface area contributed by atoms with Crippen molar-refractivity contribution in [2.75, 3.05) is 19.8 Å². The average Bonchev–Trinajstić information content (AvgIpc) is 2.98. The molecule has 102 valence electrons. The summed E-state index contributed by atoms with van der Waals surface area (Å²) in [6, 6.07) is 0.249. The zero-order valence-corrected chi connectivity index (χ0v) is 11.9. The fourth-order valence-electron chi connectivity index (χ4n) is 2.59. The lowest BCUT2D eigenvalue weighted by atomic mass is 9.96. The van der Waals surface area contributed by atoms with Crippen LogP contribution in [-0.2, 0) is 11.3 Å². The monoisotopic (exact) mass is 271 g/mol. The zero-order valence-electron chi connectivity index (χ0n) is 11.2. The van der Waals surface area contributed by atoms with Gasteiger partial charge in [0.2, 0.25) is 0 Å². The summed E-state index contributed by atoms with van der Waals surface area (Å²) >= 11 is 6.33. The highest BCUT2D eigenvalue weighted by atomic mass is 35.5. The fraction of sp³-hybridized carbons (Fsp3) is 0.769. The van der Waals surface area contributed by atoms with Gasteiger partial charge in [0.25, 0.3) is 0 Å². The summed E-state index contributed by atoms with van der Waals surface area (Å²) < 4.78 is 7.55. The molecule has 0 saturated carbocycles. The first kappa shape index (κ1) is 13.8. The second kappa shape index (κ2) is 6.55. The van der Waals surface area contributed by atoms with Crippen LogP contribution in [0.15, 0.2) is 6.20 Å². The minimum absolute atomic E-state index is 0.249. The number of aromatic nitrogens is 2. The summed E-state index contributed by atoms with van der Waals surface area (Å²) in [5.41, 5.74) is 1.12. The first-order chi connectivity index (χ1) is 8.77. The van der Waals surface area contributed by atoms with E-state index in [2.05, 4.69) is 24.3 Å². The van der Waals surface area contributed by atoms with E-state index >= 15 is 0 Å². The molecule has 0 aliphatic carbocycles. The molecule has 1 saturated heterocycles. The van der Waals surface area contributed by atoms with Crippen LogP contribution in [0.2, 0.25) is 5.02 Å². The van der Waals surface area contributed by atoms with Gasteiger partial charge in [-0.25, -0.2) is 0 Å². The maximum Gasteiger partial charge on any atom is 0.0834 e. The number of ether oxygens (including phenoxy) is 1. The second-order valence-corrected chi connectivity index (χ2v) is 5.17. The standard InChI is InChI=1S/C13H22ClN3O/c1-3-6-17-13(11(14)8-16-17)12(15-4-2)10-5-7-18-9-10/h8,10,12,15H,3-7,9H2,1-2H3. The van der Waals surface area contributed by atoms with Gasteiger partial charge in [-0.05, 0) is 19.4 Å². The van der Waals surface area contributed by atoms with E-state index in [4.69, 9.17) is 16.3 Å². The molecule has 1 fully saturated rings. The number of nitrogens with zero attached hydrogens (tertiary/aromatic N) is 2. The van der Waals surface area contributed by atoms with Crippen LogP contribution in [0, 0.1) is 5.92 Å². The third-order valence-corrected chi connectivity index (χ3v) is 3.71. The van der Waals surface area contributed by atoms with E-state index in [0.717, 1.165) is 49.9 Å². The summed E-state index contributed by atoms with van der Waals surface area (Å²) in [6.45, 7) is 7.78. The summed E-state index contributed by atoms with van der Waals surface area (Å²) in [5, 5.41) is 8.69. The third kappa shape index (κ3) is 2.87. The Morgan fingerprint density at radius 1 is 1.61 bits per heavy atom. The molecule has 18 heavy (non-hydrogen) atoms. The van der Waals surface area contributed by atoms with Gasteiger partial charge >= 0.3 is 0 Å². The highest BCUT2D eigenvalue weighted by molar-refractivity contribution is 6.31. The minimum atomic E-state index is 0.249. The van der Waals surface area contributed by atoms with E-state index in [1.165, 1.54) is 0 Å². The van der Waals surface area contributed by atoms with Crippen LogP contribution < -0.4 is 5.32 Å². The van der Waals surface area contributed by atoms with Crippen molar-refractivity contribution in [2.24, 2.45) is 5.92 Å². The molecule has 2 rings (SSSR count). The normalized spacial score (nSPS) is 21.4. The summed E-state index contributed by atoms with van der Waals surface area (Å²) in [5.74, 6) is 0.495. The van der Waals surface area contributed by atoms with Crippen molar-refractivity contribution in [3.05, 3.63) is 16.9 Å². The Balaban J connectivity index is 2.25. The second-order valence-electron chi connectivity index (χ2n) is 4.76. The van der Waals surface area contributed by atoms with Gasteiger partial charge in [0.1, 0.15) is 0 Å². The Hall–Kier alpha value is -0.580. The molecule has 0 spiro atoms. The van der Waals surface area contributed by atoms with Crippen LogP contribution in [0.1, 0.15) is 38.4 Å². The SMILES string of the molecule is CCCn1ncc(Cl)c1C(NCC)C1CCOC1. The van der Waals surface area contributed by atoms with Crippen molar-refractivity contribution in [1.29, 1.82) is 0 Å². The lowest BCUT2D eigenvalue weighted by Crippen LogP contribution is -2.31. The Morgan fingerprint density at radius 3 is 3.06 bits per heavy atom. The summed E-state index contributed by atoms with van der Waals surface area (Å²) in [4.78, 5) is 0. The molecule has 0 aromatic carbocycles. The Morgan fingerprint density at radius 2 is 2.44 bits per heavy atom. The van der Waals surface area contributed by atoms with Crippen LogP contribution in [0.3, 0.4) is 0 Å². The van der Waals surface area contributed by atoms with E-state index in [9.17, 15) is 0 Å². The molecule has 5 heteroatoms. The van der Waals surface area contributed by atoms with E-state index in [0.29, 0.717) is 5.92 Å². The number of aryl methyl sites for hydroxylation is 1. The maximum atomic E-state index is 6.33. The van der Waals surface area contributed by atoms with Crippen LogP contribution >= 0.6 is 11.6 Å². The van der Waals surface area contributed by atoms with Gasteiger partial charge in [0.15, 0.2) is 0 Å². The summed E-state index contributed by atoms with van der Waals surface area (Å²) in [7, 11) is 0. The molecule has 2 unspecified atom stereocenters. The molecule has 2 atom stereocenters. The van der Waals surface area contributed by atoms with Gasteiger partial charge in [-0.2, -0.15) is 5.10 Å². The molecule has 0 radical (unpaired) electrons. The van der Waals surface area contributed by atoms with Gasteiger partial charge in [-0.3, -0.25) is 4.68 Å². The highest BCUT2D eigenvalue weighted by Gasteiger charge is 2.30. The van der Waals surface area contributed by atoms with Crippen molar-refractivity contribution < 1.29 is 4.74 Å². The number of hydrogen-bond acceptors (Lipinski definition) is 3. The van der Waals surface area contributed by atoms with E-state index < -0.39 is 0 Å². The first-order valence-electron chi connectivity index (χ1n) is 6.80. The average molecular weight is 272 g/mol. The lowest BCUT2D eigenvalue weighted by Gasteiger charge is -2.24. The highest BCUT2D eigenvalue weighted by Crippen LogP contribution is 2.32. The topological polar surface area (TPSA) is 39.1 Å². The third-order valence-electron chi connectivity index (χ3n) is 3.42. The van der Waals surface area contributed by atoms with Crippen LogP contribution in [-0.4, -0.2) is 29.5 Å². The molecule has 4 nitrogen and oxygen atoms in total. The van der Waals surface area contributed by atoms with Gasteiger partial charge in [0.05, 0.1) is 29.6 Å². The molecule has 1 aliphatic heterocycles. The Labute approximate surface area is 114 Å². The van der Waals surface area contributed by atoms with Gasteiger partial charge in [-0.15, -0.1) is 0 Å². The molecular formula is C13H22ClN3O. The Kier molecular flexibility index (Phi) is 5.03. The molecule has 0 bridgehead atoms. The van der Waals surface area contributed by atoms with E-state index in [1.807, 2.05) is 4.68 Å². The molecule has 0 amide bonds. The van der Waals surface area contributed by atoms with Gasteiger partial charge < -0.3 is 10.1 Å². The zero-order chi connectivity index (χ0) is 13.0. The molecular weight excluding hydrogens is 250 g/mol. The predicted octanol–water partition coefficient (Wildman–Crippen LogP) is 2.63. The lowest BCUT2D eigenvalue weighted by molar-refractivity contribution is 0.175. The van der Waals surface area contributed by atoms with Crippen molar-refractivity contribution in [3.63, 3.8) is 0 Å². The van der Waals surface area contributed by atoms with Crippen LogP contribution in [0.25, 0.3) is 0 Å². The van der Waals surface area contributed by atoms with E-state index in [1.54, 1.807) is 6.20 Å². The molecule has 1 aliphatic rings. The van der Waals surface area contributed by atoms with E-state index in [-0.39, 0.29) is 6.04 Å². The number of hydrogen-bond donors (Lipinski definition) is 1. The minimum Gasteiger partial charge on any atom is -0.381 e. The molecule has 2 heterocycles. The largest absolute Gasteiger partial charge is 0.381 e. The fourth-order valence-corrected chi connectivity index (χ4v) is 2.85. The molecule has 1 aromatic heterocycles. The van der Waals surface area contributed by atoms with Crippen molar-refractivity contribution in [3.8, 4) is 0 Å². The quantitative estimate of drug-likeness (QED) is 0.865. The number of nitrogens with one attached hydrogen (secondary N) is 1. The predicted molar refractivity (Wildman–Crippen MR) is 72.9 cm³/mol. The van der Waals surface area contributed by atoms with Crippen molar-refractivity contribution >= 4 is 11.6 Å².